The second kappa shape index (κ2) is 8.35. The number of benzene rings is 2. The normalized spacial score (nSPS) is 10.6. The van der Waals surface area contributed by atoms with Gasteiger partial charge in [0, 0.05) is 11.1 Å². The number of aromatic nitrogens is 2. The fourth-order valence-electron chi connectivity index (χ4n) is 2.97. The molecule has 0 unspecified atom stereocenters. The van der Waals surface area contributed by atoms with Crippen molar-refractivity contribution in [3.63, 3.8) is 0 Å². The van der Waals surface area contributed by atoms with Crippen LogP contribution in [0.25, 0.3) is 5.69 Å². The summed E-state index contributed by atoms with van der Waals surface area (Å²) < 4.78 is 7.15. The lowest BCUT2D eigenvalue weighted by atomic mass is 10.2. The molecule has 1 heterocycles. The molecule has 0 bridgehead atoms. The lowest BCUT2D eigenvalue weighted by molar-refractivity contribution is -0.114. The van der Waals surface area contributed by atoms with Crippen LogP contribution in [0.2, 0.25) is 5.02 Å². The molecular formula is C21H23ClN4O2. The molecule has 0 atom stereocenters. The monoisotopic (exact) mass is 398 g/mol. The Balaban J connectivity index is 1.73. The van der Waals surface area contributed by atoms with Crippen LogP contribution in [0, 0.1) is 20.8 Å². The van der Waals surface area contributed by atoms with E-state index in [9.17, 15) is 4.79 Å². The zero-order valence-corrected chi connectivity index (χ0v) is 17.1. The molecule has 3 aromatic rings. The van der Waals surface area contributed by atoms with Crippen LogP contribution in [0.3, 0.4) is 0 Å². The molecule has 0 radical (unpaired) electrons. The van der Waals surface area contributed by atoms with Gasteiger partial charge in [-0.15, -0.1) is 0 Å². The summed E-state index contributed by atoms with van der Waals surface area (Å²) >= 11 is 6.13. The van der Waals surface area contributed by atoms with E-state index >= 15 is 0 Å². The predicted molar refractivity (Wildman–Crippen MR) is 113 cm³/mol. The highest BCUT2D eigenvalue weighted by Crippen LogP contribution is 2.31. The number of nitrogens with zero attached hydrogens (tertiary/aromatic N) is 2. The van der Waals surface area contributed by atoms with E-state index in [-0.39, 0.29) is 12.5 Å². The van der Waals surface area contributed by atoms with Gasteiger partial charge < -0.3 is 15.4 Å². The van der Waals surface area contributed by atoms with Crippen LogP contribution < -0.4 is 15.4 Å². The molecule has 146 valence electrons. The minimum absolute atomic E-state index is 0.0901. The highest BCUT2D eigenvalue weighted by atomic mass is 35.5. The first-order valence-corrected chi connectivity index (χ1v) is 9.28. The summed E-state index contributed by atoms with van der Waals surface area (Å²) in [5.41, 5.74) is 4.92. The minimum atomic E-state index is -0.173. The molecule has 2 aromatic carbocycles. The van der Waals surface area contributed by atoms with Crippen molar-refractivity contribution in [2.24, 2.45) is 0 Å². The van der Waals surface area contributed by atoms with Gasteiger partial charge in [0.1, 0.15) is 5.75 Å². The number of carbonyl (C=O) groups is 1. The molecular weight excluding hydrogens is 376 g/mol. The summed E-state index contributed by atoms with van der Waals surface area (Å²) in [5.74, 6) is 0.418. The summed E-state index contributed by atoms with van der Waals surface area (Å²) in [5, 5.41) is 11.2. The molecule has 0 aliphatic heterocycles. The van der Waals surface area contributed by atoms with E-state index in [0.29, 0.717) is 16.5 Å². The smallest absolute Gasteiger partial charge is 0.243 e. The van der Waals surface area contributed by atoms with Gasteiger partial charge in [-0.25, -0.2) is 4.68 Å². The third-order valence-corrected chi connectivity index (χ3v) is 4.88. The molecule has 1 amide bonds. The fraction of sp³-hybridized carbons (Fsp3) is 0.238. The third-order valence-electron chi connectivity index (χ3n) is 4.48. The number of para-hydroxylation sites is 1. The van der Waals surface area contributed by atoms with Crippen molar-refractivity contribution in [1.82, 2.24) is 9.78 Å². The maximum Gasteiger partial charge on any atom is 0.243 e. The molecule has 0 spiro atoms. The van der Waals surface area contributed by atoms with E-state index in [1.165, 1.54) is 0 Å². The van der Waals surface area contributed by atoms with Gasteiger partial charge in [-0.3, -0.25) is 4.79 Å². The number of aryl methyl sites for hydroxylation is 2. The van der Waals surface area contributed by atoms with Crippen LogP contribution in [0.4, 0.5) is 11.4 Å². The molecule has 1 aromatic heterocycles. The van der Waals surface area contributed by atoms with Crippen LogP contribution in [0.15, 0.2) is 42.5 Å². The molecule has 0 aliphatic carbocycles. The number of carbonyl (C=O) groups excluding carboxylic acids is 1. The number of ether oxygens (including phenoxy) is 1. The first-order valence-electron chi connectivity index (χ1n) is 8.90. The lowest BCUT2D eigenvalue weighted by Gasteiger charge is -2.13. The van der Waals surface area contributed by atoms with Gasteiger partial charge in [-0.05, 0) is 44.5 Å². The number of hydrogen-bond acceptors (Lipinski definition) is 4. The number of halogens is 1. The van der Waals surface area contributed by atoms with Crippen LogP contribution in [0.5, 0.6) is 5.75 Å². The van der Waals surface area contributed by atoms with Gasteiger partial charge >= 0.3 is 0 Å². The van der Waals surface area contributed by atoms with Crippen LogP contribution in [-0.4, -0.2) is 29.3 Å². The Morgan fingerprint density at radius 1 is 1.18 bits per heavy atom. The second-order valence-electron chi connectivity index (χ2n) is 6.50. The highest BCUT2D eigenvalue weighted by molar-refractivity contribution is 6.31. The topological polar surface area (TPSA) is 68.2 Å². The molecule has 0 fully saturated rings. The Kier molecular flexibility index (Phi) is 5.90. The summed E-state index contributed by atoms with van der Waals surface area (Å²) in [4.78, 5) is 12.5. The van der Waals surface area contributed by atoms with Gasteiger partial charge in [0.2, 0.25) is 5.91 Å². The SMILES string of the molecule is COc1cc(Cl)c(C)cc1NCC(=O)Nc1c(C)nn(-c2ccccc2)c1C. The second-order valence-corrected chi connectivity index (χ2v) is 6.90. The van der Waals surface area contributed by atoms with Crippen molar-refractivity contribution < 1.29 is 9.53 Å². The third kappa shape index (κ3) is 4.12. The molecule has 7 heteroatoms. The zero-order chi connectivity index (χ0) is 20.3. The average Bonchev–Trinajstić information content (AvgIpc) is 2.97. The quantitative estimate of drug-likeness (QED) is 0.641. The largest absolute Gasteiger partial charge is 0.495 e. The van der Waals surface area contributed by atoms with Crippen LogP contribution in [0.1, 0.15) is 17.0 Å². The number of nitrogens with one attached hydrogen (secondary N) is 2. The summed E-state index contributed by atoms with van der Waals surface area (Å²) in [6.45, 7) is 5.80. The van der Waals surface area contributed by atoms with Crippen molar-refractivity contribution in [3.8, 4) is 11.4 Å². The van der Waals surface area contributed by atoms with E-state index in [4.69, 9.17) is 16.3 Å². The summed E-state index contributed by atoms with van der Waals surface area (Å²) in [7, 11) is 1.57. The van der Waals surface area contributed by atoms with Crippen molar-refractivity contribution in [3.05, 3.63) is 64.4 Å². The van der Waals surface area contributed by atoms with Gasteiger partial charge in [-0.1, -0.05) is 29.8 Å². The minimum Gasteiger partial charge on any atom is -0.495 e. The summed E-state index contributed by atoms with van der Waals surface area (Å²) in [6, 6.07) is 13.4. The van der Waals surface area contributed by atoms with E-state index < -0.39 is 0 Å². The standard InChI is InChI=1S/C21H23ClN4O2/c1-13-10-18(19(28-4)11-17(13)22)23-12-20(27)24-21-14(2)25-26(15(21)3)16-8-6-5-7-9-16/h5-11,23H,12H2,1-4H3,(H,24,27). The molecule has 0 saturated carbocycles. The average molecular weight is 399 g/mol. The first-order chi connectivity index (χ1) is 13.4. The van der Waals surface area contributed by atoms with Crippen LogP contribution >= 0.6 is 11.6 Å². The van der Waals surface area contributed by atoms with Gasteiger partial charge in [0.15, 0.2) is 0 Å². The first kappa shape index (κ1) is 19.8. The molecule has 3 rings (SSSR count). The Morgan fingerprint density at radius 3 is 2.57 bits per heavy atom. The van der Waals surface area contributed by atoms with E-state index in [1.54, 1.807) is 13.2 Å². The number of anilines is 2. The van der Waals surface area contributed by atoms with E-state index in [2.05, 4.69) is 15.7 Å². The van der Waals surface area contributed by atoms with Crippen LogP contribution in [-0.2, 0) is 4.79 Å². The highest BCUT2D eigenvalue weighted by Gasteiger charge is 2.15. The van der Waals surface area contributed by atoms with Gasteiger partial charge in [-0.2, -0.15) is 5.10 Å². The molecule has 2 N–H and O–H groups in total. The maximum absolute atomic E-state index is 12.5. The molecule has 0 saturated heterocycles. The van der Waals surface area contributed by atoms with Gasteiger partial charge in [0.25, 0.3) is 0 Å². The number of methoxy groups -OCH3 is 1. The zero-order valence-electron chi connectivity index (χ0n) is 16.3. The molecule has 0 aliphatic rings. The van der Waals surface area contributed by atoms with E-state index in [1.807, 2.05) is 61.9 Å². The van der Waals surface area contributed by atoms with E-state index in [0.717, 1.165) is 28.3 Å². The molecule has 6 nitrogen and oxygen atoms in total. The van der Waals surface area contributed by atoms with Crippen molar-refractivity contribution in [2.75, 3.05) is 24.3 Å². The number of amides is 1. The van der Waals surface area contributed by atoms with Crippen molar-refractivity contribution in [1.29, 1.82) is 0 Å². The predicted octanol–water partition coefficient (Wildman–Crippen LogP) is 4.51. The van der Waals surface area contributed by atoms with Gasteiger partial charge in [0.05, 0.1) is 42.1 Å². The summed E-state index contributed by atoms with van der Waals surface area (Å²) in [6.07, 6.45) is 0. The Hall–Kier alpha value is -2.99. The Bertz CT molecular complexity index is 999. The molecule has 28 heavy (non-hydrogen) atoms. The van der Waals surface area contributed by atoms with Crippen molar-refractivity contribution >= 4 is 28.9 Å². The fourth-order valence-corrected chi connectivity index (χ4v) is 3.13. The Labute approximate surface area is 169 Å². The number of rotatable bonds is 6. The lowest BCUT2D eigenvalue weighted by Crippen LogP contribution is -2.22. The Morgan fingerprint density at radius 2 is 1.89 bits per heavy atom. The van der Waals surface area contributed by atoms with Crippen molar-refractivity contribution in [2.45, 2.75) is 20.8 Å². The number of hydrogen-bond donors (Lipinski definition) is 2. The maximum atomic E-state index is 12.5.